The van der Waals surface area contributed by atoms with Gasteiger partial charge in [-0.1, -0.05) is 23.7 Å². The van der Waals surface area contributed by atoms with E-state index in [1.54, 1.807) is 36.1 Å². The zero-order chi connectivity index (χ0) is 17.3. The number of benzene rings is 1. The molecule has 0 saturated carbocycles. The number of allylic oxidation sites excluding steroid dienone is 1. The van der Waals surface area contributed by atoms with Gasteiger partial charge in [0.25, 0.3) is 0 Å². The summed E-state index contributed by atoms with van der Waals surface area (Å²) in [5.74, 6) is -1.50. The zero-order valence-electron chi connectivity index (χ0n) is 13.5. The molecular formula is C18H20ClNO4. The van der Waals surface area contributed by atoms with Gasteiger partial charge in [0.15, 0.2) is 0 Å². The van der Waals surface area contributed by atoms with Gasteiger partial charge in [-0.05, 0) is 37.5 Å². The summed E-state index contributed by atoms with van der Waals surface area (Å²) in [6.07, 6.45) is 2.02. The number of hydrogen-bond donors (Lipinski definition) is 1. The third-order valence-corrected chi connectivity index (χ3v) is 4.99. The number of hydrogen-bond acceptors (Lipinski definition) is 3. The molecular weight excluding hydrogens is 330 g/mol. The van der Waals surface area contributed by atoms with Crippen molar-refractivity contribution in [2.24, 2.45) is 0 Å². The Morgan fingerprint density at radius 3 is 2.67 bits per heavy atom. The normalized spacial score (nSPS) is 24.6. The molecule has 128 valence electrons. The van der Waals surface area contributed by atoms with Crippen LogP contribution in [0.4, 0.5) is 0 Å². The molecule has 3 rings (SSSR count). The lowest BCUT2D eigenvalue weighted by Gasteiger charge is -2.35. The summed E-state index contributed by atoms with van der Waals surface area (Å²) in [6.45, 7) is 2.84. The van der Waals surface area contributed by atoms with Gasteiger partial charge in [-0.3, -0.25) is 4.79 Å². The number of carbonyl (C=O) groups excluding carboxylic acids is 1. The van der Waals surface area contributed by atoms with Crippen molar-refractivity contribution in [3.8, 4) is 0 Å². The number of nitrogens with zero attached hydrogens (tertiary/aromatic N) is 1. The lowest BCUT2D eigenvalue weighted by atomic mass is 9.83. The van der Waals surface area contributed by atoms with Crippen LogP contribution in [0.2, 0.25) is 5.02 Å². The van der Waals surface area contributed by atoms with E-state index in [9.17, 15) is 14.7 Å². The molecule has 2 aliphatic rings. The van der Waals surface area contributed by atoms with Crippen molar-refractivity contribution in [3.63, 3.8) is 0 Å². The summed E-state index contributed by atoms with van der Waals surface area (Å²) in [6, 6.07) is 7.00. The molecule has 1 N–H and O–H groups in total. The quantitative estimate of drug-likeness (QED) is 0.906. The fraction of sp³-hybridized carbons (Fsp3) is 0.444. The molecule has 0 unspecified atom stereocenters. The monoisotopic (exact) mass is 349 g/mol. The van der Waals surface area contributed by atoms with Crippen LogP contribution in [0.15, 0.2) is 35.5 Å². The fourth-order valence-corrected chi connectivity index (χ4v) is 3.61. The number of amides is 1. The van der Waals surface area contributed by atoms with E-state index in [-0.39, 0.29) is 24.0 Å². The highest BCUT2D eigenvalue weighted by molar-refractivity contribution is 6.30. The second-order valence-electron chi connectivity index (χ2n) is 6.25. The Hall–Kier alpha value is -1.85. The molecule has 0 bridgehead atoms. The minimum Gasteiger partial charge on any atom is -0.478 e. The molecule has 0 aromatic heterocycles. The van der Waals surface area contributed by atoms with Crippen LogP contribution in [-0.4, -0.2) is 41.1 Å². The molecule has 1 fully saturated rings. The number of rotatable bonds is 4. The molecule has 2 aliphatic heterocycles. The third kappa shape index (κ3) is 3.32. The summed E-state index contributed by atoms with van der Waals surface area (Å²) in [5, 5.41) is 10.3. The predicted molar refractivity (Wildman–Crippen MR) is 89.8 cm³/mol. The number of ether oxygens (including phenoxy) is 1. The molecule has 24 heavy (non-hydrogen) atoms. The van der Waals surface area contributed by atoms with E-state index in [4.69, 9.17) is 16.3 Å². The van der Waals surface area contributed by atoms with Crippen molar-refractivity contribution in [3.05, 3.63) is 46.1 Å². The minimum absolute atomic E-state index is 0.00831. The Labute approximate surface area is 145 Å². The maximum absolute atomic E-state index is 12.6. The van der Waals surface area contributed by atoms with Crippen LogP contribution in [0.25, 0.3) is 0 Å². The van der Waals surface area contributed by atoms with E-state index in [1.807, 2.05) is 0 Å². The van der Waals surface area contributed by atoms with Crippen LogP contribution >= 0.6 is 11.6 Å². The van der Waals surface area contributed by atoms with E-state index in [0.29, 0.717) is 23.9 Å². The van der Waals surface area contributed by atoms with Crippen LogP contribution in [0.1, 0.15) is 37.7 Å². The molecule has 1 aromatic rings. The molecule has 2 atom stereocenters. The third-order valence-electron chi connectivity index (χ3n) is 4.74. The maximum atomic E-state index is 12.6. The second kappa shape index (κ2) is 6.95. The van der Waals surface area contributed by atoms with Gasteiger partial charge >= 0.3 is 5.97 Å². The summed E-state index contributed by atoms with van der Waals surface area (Å²) < 4.78 is 5.59. The smallest absolute Gasteiger partial charge is 0.333 e. The van der Waals surface area contributed by atoms with Crippen LogP contribution in [0, 0.1) is 0 Å². The highest BCUT2D eigenvalue weighted by Crippen LogP contribution is 2.37. The Balaban J connectivity index is 1.94. The molecule has 6 heteroatoms. The second-order valence-corrected chi connectivity index (χ2v) is 6.69. The number of carboxylic acids is 1. The zero-order valence-corrected chi connectivity index (χ0v) is 14.3. The number of halogens is 1. The summed E-state index contributed by atoms with van der Waals surface area (Å²) >= 11 is 5.91. The van der Waals surface area contributed by atoms with Gasteiger partial charge in [0.05, 0.1) is 18.2 Å². The number of carboxylic acid groups (broad SMARTS) is 1. The molecule has 0 aliphatic carbocycles. The van der Waals surface area contributed by atoms with Crippen molar-refractivity contribution in [2.45, 2.75) is 38.2 Å². The van der Waals surface area contributed by atoms with Gasteiger partial charge in [-0.25, -0.2) is 4.79 Å². The summed E-state index contributed by atoms with van der Waals surface area (Å²) in [5.41, 5.74) is 1.57. The molecule has 0 spiro atoms. The standard InChI is InChI=1S/C18H20ClNO4/c1-11-17(18(22)23)15(12-4-6-13(19)7-5-12)9-16(21)20(11)10-14-3-2-8-24-14/h4-7,14-15H,2-3,8-10H2,1H3,(H,22,23)/t14-,15-/m0/s1. The van der Waals surface area contributed by atoms with Crippen molar-refractivity contribution in [2.75, 3.05) is 13.2 Å². The van der Waals surface area contributed by atoms with E-state index < -0.39 is 11.9 Å². The SMILES string of the molecule is CC1=C(C(=O)O)[C@H](c2ccc(Cl)cc2)CC(=O)N1C[C@@H]1CCCO1. The van der Waals surface area contributed by atoms with Crippen molar-refractivity contribution in [1.29, 1.82) is 0 Å². The Kier molecular flexibility index (Phi) is 4.92. The van der Waals surface area contributed by atoms with Crippen LogP contribution < -0.4 is 0 Å². The number of carbonyl (C=O) groups is 2. The van der Waals surface area contributed by atoms with Crippen molar-refractivity contribution in [1.82, 2.24) is 4.90 Å². The van der Waals surface area contributed by atoms with E-state index >= 15 is 0 Å². The lowest BCUT2D eigenvalue weighted by Crippen LogP contribution is -2.41. The van der Waals surface area contributed by atoms with Crippen molar-refractivity contribution >= 4 is 23.5 Å². The molecule has 5 nitrogen and oxygen atoms in total. The molecule has 1 amide bonds. The van der Waals surface area contributed by atoms with E-state index in [0.717, 1.165) is 18.4 Å². The summed E-state index contributed by atoms with van der Waals surface area (Å²) in [7, 11) is 0. The average Bonchev–Trinajstić information content (AvgIpc) is 3.04. The van der Waals surface area contributed by atoms with Gasteiger partial charge in [0.1, 0.15) is 0 Å². The Morgan fingerprint density at radius 1 is 1.38 bits per heavy atom. The molecule has 1 saturated heterocycles. The van der Waals surface area contributed by atoms with Gasteiger partial charge < -0.3 is 14.7 Å². The first-order valence-corrected chi connectivity index (χ1v) is 8.46. The summed E-state index contributed by atoms with van der Waals surface area (Å²) in [4.78, 5) is 26.1. The maximum Gasteiger partial charge on any atom is 0.333 e. The average molecular weight is 350 g/mol. The Bertz CT molecular complexity index is 677. The number of aliphatic carboxylic acids is 1. The topological polar surface area (TPSA) is 66.8 Å². The molecule has 2 heterocycles. The molecule has 0 radical (unpaired) electrons. The predicted octanol–water partition coefficient (Wildman–Crippen LogP) is 3.19. The van der Waals surface area contributed by atoms with Crippen molar-refractivity contribution < 1.29 is 19.4 Å². The Morgan fingerprint density at radius 2 is 2.08 bits per heavy atom. The first-order valence-electron chi connectivity index (χ1n) is 8.09. The van der Waals surface area contributed by atoms with Crippen LogP contribution in [0.3, 0.4) is 0 Å². The largest absolute Gasteiger partial charge is 0.478 e. The van der Waals surface area contributed by atoms with Crippen LogP contribution in [0.5, 0.6) is 0 Å². The molecule has 1 aromatic carbocycles. The van der Waals surface area contributed by atoms with E-state index in [2.05, 4.69) is 0 Å². The highest BCUT2D eigenvalue weighted by Gasteiger charge is 2.37. The first kappa shape index (κ1) is 17.0. The van der Waals surface area contributed by atoms with Gasteiger partial charge in [0, 0.05) is 29.7 Å². The van der Waals surface area contributed by atoms with Gasteiger partial charge in [-0.15, -0.1) is 0 Å². The van der Waals surface area contributed by atoms with E-state index in [1.165, 1.54) is 0 Å². The minimum atomic E-state index is -0.989. The van der Waals surface area contributed by atoms with Gasteiger partial charge in [0.2, 0.25) is 5.91 Å². The highest BCUT2D eigenvalue weighted by atomic mass is 35.5. The fourth-order valence-electron chi connectivity index (χ4n) is 3.49. The van der Waals surface area contributed by atoms with Crippen LogP contribution in [-0.2, 0) is 14.3 Å². The lowest BCUT2D eigenvalue weighted by molar-refractivity contribution is -0.135. The first-order chi connectivity index (χ1) is 11.5. The van der Waals surface area contributed by atoms with Gasteiger partial charge in [-0.2, -0.15) is 0 Å².